The Balaban J connectivity index is 2.16. The van der Waals surface area contributed by atoms with Crippen molar-refractivity contribution in [3.8, 4) is 0 Å². The molecular formula is C14H23N3. The van der Waals surface area contributed by atoms with Crippen molar-refractivity contribution >= 4 is 5.69 Å². The normalized spacial score (nSPS) is 25.2. The zero-order chi connectivity index (χ0) is 12.4. The van der Waals surface area contributed by atoms with Crippen LogP contribution in [0.5, 0.6) is 0 Å². The van der Waals surface area contributed by atoms with E-state index in [0.717, 1.165) is 12.2 Å². The maximum Gasteiger partial charge on any atom is 0.0597 e. The van der Waals surface area contributed by atoms with E-state index in [1.165, 1.54) is 24.0 Å². The molecular weight excluding hydrogens is 210 g/mol. The molecule has 0 radical (unpaired) electrons. The quantitative estimate of drug-likeness (QED) is 0.767. The topological polar surface area (TPSA) is 41.3 Å². The van der Waals surface area contributed by atoms with Gasteiger partial charge in [-0.05, 0) is 69.6 Å². The van der Waals surface area contributed by atoms with Crippen molar-refractivity contribution in [1.82, 2.24) is 10.2 Å². The number of nitrogen functional groups attached to an aromatic ring is 1. The van der Waals surface area contributed by atoms with Gasteiger partial charge in [-0.1, -0.05) is 6.07 Å². The number of nitrogens with one attached hydrogen (secondary N) is 1. The fourth-order valence-electron chi connectivity index (χ4n) is 2.73. The molecule has 2 unspecified atom stereocenters. The number of hydrogen-bond acceptors (Lipinski definition) is 3. The molecule has 94 valence electrons. The fraction of sp³-hybridized carbons (Fsp3) is 0.571. The summed E-state index contributed by atoms with van der Waals surface area (Å²) in [6, 6.07) is 6.31. The average Bonchev–Trinajstić information content (AvgIpc) is 2.29. The molecule has 17 heavy (non-hydrogen) atoms. The van der Waals surface area contributed by atoms with Gasteiger partial charge in [0, 0.05) is 5.69 Å². The molecule has 0 amide bonds. The van der Waals surface area contributed by atoms with E-state index in [1.807, 2.05) is 6.07 Å². The van der Waals surface area contributed by atoms with E-state index >= 15 is 0 Å². The Kier molecular flexibility index (Phi) is 3.69. The third-order valence-corrected chi connectivity index (χ3v) is 3.74. The lowest BCUT2D eigenvalue weighted by atomic mass is 9.86. The number of hydrogen-bond donors (Lipinski definition) is 2. The van der Waals surface area contributed by atoms with Gasteiger partial charge in [0.25, 0.3) is 0 Å². The highest BCUT2D eigenvalue weighted by atomic mass is 15.2. The van der Waals surface area contributed by atoms with E-state index in [9.17, 15) is 0 Å². The maximum absolute atomic E-state index is 5.81. The monoisotopic (exact) mass is 233 g/mol. The van der Waals surface area contributed by atoms with Gasteiger partial charge in [-0.15, -0.1) is 0 Å². The first kappa shape index (κ1) is 12.4. The minimum atomic E-state index is 0.491. The highest BCUT2D eigenvalue weighted by Gasteiger charge is 2.24. The Morgan fingerprint density at radius 2 is 2.12 bits per heavy atom. The van der Waals surface area contributed by atoms with E-state index in [-0.39, 0.29) is 0 Å². The first-order valence-corrected chi connectivity index (χ1v) is 6.33. The van der Waals surface area contributed by atoms with E-state index in [1.54, 1.807) is 0 Å². The van der Waals surface area contributed by atoms with Crippen LogP contribution in [0.25, 0.3) is 0 Å². The number of piperidine rings is 1. The van der Waals surface area contributed by atoms with Gasteiger partial charge in [0.1, 0.15) is 0 Å². The smallest absolute Gasteiger partial charge is 0.0597 e. The van der Waals surface area contributed by atoms with Crippen molar-refractivity contribution in [1.29, 1.82) is 0 Å². The molecule has 0 saturated carbocycles. The fourth-order valence-corrected chi connectivity index (χ4v) is 2.73. The van der Waals surface area contributed by atoms with Crippen molar-refractivity contribution < 1.29 is 0 Å². The number of nitrogens with two attached hydrogens (primary N) is 1. The van der Waals surface area contributed by atoms with Crippen molar-refractivity contribution in [3.63, 3.8) is 0 Å². The molecule has 1 aromatic carbocycles. The molecule has 0 spiro atoms. The summed E-state index contributed by atoms with van der Waals surface area (Å²) in [5, 5.41) is 3.55. The Bertz CT molecular complexity index is 387. The predicted octanol–water partition coefficient (Wildman–Crippen LogP) is 1.93. The lowest BCUT2D eigenvalue weighted by Gasteiger charge is -2.35. The van der Waals surface area contributed by atoms with Gasteiger partial charge in [-0.2, -0.15) is 0 Å². The van der Waals surface area contributed by atoms with Crippen molar-refractivity contribution in [2.24, 2.45) is 0 Å². The van der Waals surface area contributed by atoms with Gasteiger partial charge in [0.15, 0.2) is 0 Å². The highest BCUT2D eigenvalue weighted by molar-refractivity contribution is 5.45. The summed E-state index contributed by atoms with van der Waals surface area (Å²) in [5.41, 5.74) is 9.47. The van der Waals surface area contributed by atoms with E-state index in [2.05, 4.69) is 43.4 Å². The molecule has 1 aromatic rings. The van der Waals surface area contributed by atoms with E-state index < -0.39 is 0 Å². The molecule has 0 bridgehead atoms. The Morgan fingerprint density at radius 3 is 2.76 bits per heavy atom. The van der Waals surface area contributed by atoms with Crippen LogP contribution < -0.4 is 11.1 Å². The van der Waals surface area contributed by atoms with Gasteiger partial charge in [-0.3, -0.25) is 4.90 Å². The van der Waals surface area contributed by atoms with Crippen LogP contribution in [0.15, 0.2) is 18.2 Å². The second-order valence-corrected chi connectivity index (χ2v) is 5.27. The van der Waals surface area contributed by atoms with E-state index in [0.29, 0.717) is 12.1 Å². The van der Waals surface area contributed by atoms with Crippen LogP contribution in [0.3, 0.4) is 0 Å². The average molecular weight is 233 g/mol. The Morgan fingerprint density at radius 1 is 1.35 bits per heavy atom. The largest absolute Gasteiger partial charge is 0.399 e. The van der Waals surface area contributed by atoms with Crippen LogP contribution in [0, 0.1) is 6.92 Å². The summed E-state index contributed by atoms with van der Waals surface area (Å²) in [6.45, 7) is 3.26. The van der Waals surface area contributed by atoms with Crippen LogP contribution in [0.1, 0.15) is 29.9 Å². The summed E-state index contributed by atoms with van der Waals surface area (Å²) in [4.78, 5) is 2.26. The van der Waals surface area contributed by atoms with Crippen molar-refractivity contribution in [3.05, 3.63) is 29.3 Å². The summed E-state index contributed by atoms with van der Waals surface area (Å²) in [5.74, 6) is 0.657. The summed E-state index contributed by atoms with van der Waals surface area (Å²) >= 11 is 0. The molecule has 0 aliphatic carbocycles. The van der Waals surface area contributed by atoms with Crippen LogP contribution in [0.2, 0.25) is 0 Å². The van der Waals surface area contributed by atoms with Crippen LogP contribution in [-0.2, 0) is 0 Å². The van der Waals surface area contributed by atoms with Crippen LogP contribution >= 0.6 is 0 Å². The molecule has 1 aliphatic rings. The number of anilines is 1. The van der Waals surface area contributed by atoms with Gasteiger partial charge < -0.3 is 11.1 Å². The molecule has 2 atom stereocenters. The van der Waals surface area contributed by atoms with Crippen LogP contribution in [-0.4, -0.2) is 31.7 Å². The van der Waals surface area contributed by atoms with Crippen molar-refractivity contribution in [2.75, 3.05) is 26.4 Å². The summed E-state index contributed by atoms with van der Waals surface area (Å²) < 4.78 is 0. The van der Waals surface area contributed by atoms with Crippen LogP contribution in [0.4, 0.5) is 5.69 Å². The SMILES string of the molecule is Cc1cc(N)ccc1C1CCNC(N(C)C)C1. The predicted molar refractivity (Wildman–Crippen MR) is 73.0 cm³/mol. The first-order chi connectivity index (χ1) is 8.08. The highest BCUT2D eigenvalue weighted by Crippen LogP contribution is 2.31. The molecule has 1 saturated heterocycles. The molecule has 3 N–H and O–H groups in total. The molecule has 3 nitrogen and oxygen atoms in total. The van der Waals surface area contributed by atoms with Gasteiger partial charge in [-0.25, -0.2) is 0 Å². The molecule has 0 aromatic heterocycles. The zero-order valence-electron chi connectivity index (χ0n) is 11.0. The molecule has 2 rings (SSSR count). The van der Waals surface area contributed by atoms with E-state index in [4.69, 9.17) is 5.73 Å². The third kappa shape index (κ3) is 2.79. The lowest BCUT2D eigenvalue weighted by molar-refractivity contribution is 0.190. The molecule has 3 heteroatoms. The minimum absolute atomic E-state index is 0.491. The maximum atomic E-state index is 5.81. The standard InChI is InChI=1S/C14H23N3/c1-10-8-12(15)4-5-13(10)11-6-7-16-14(9-11)17(2)3/h4-5,8,11,14,16H,6-7,9,15H2,1-3H3. The number of rotatable bonds is 2. The molecule has 1 fully saturated rings. The molecule has 1 heterocycles. The number of benzene rings is 1. The summed E-state index contributed by atoms with van der Waals surface area (Å²) in [7, 11) is 4.27. The Labute approximate surface area is 104 Å². The number of nitrogens with zero attached hydrogens (tertiary/aromatic N) is 1. The second kappa shape index (κ2) is 5.07. The Hall–Kier alpha value is -1.06. The first-order valence-electron chi connectivity index (χ1n) is 6.33. The zero-order valence-corrected chi connectivity index (χ0v) is 11.0. The third-order valence-electron chi connectivity index (χ3n) is 3.74. The van der Waals surface area contributed by atoms with Crippen molar-refractivity contribution in [2.45, 2.75) is 31.8 Å². The number of aryl methyl sites for hydroxylation is 1. The lowest BCUT2D eigenvalue weighted by Crippen LogP contribution is -2.46. The second-order valence-electron chi connectivity index (χ2n) is 5.27. The van der Waals surface area contributed by atoms with Gasteiger partial charge >= 0.3 is 0 Å². The summed E-state index contributed by atoms with van der Waals surface area (Å²) in [6.07, 6.45) is 2.89. The van der Waals surface area contributed by atoms with Gasteiger partial charge in [0.2, 0.25) is 0 Å². The molecule has 1 aliphatic heterocycles. The van der Waals surface area contributed by atoms with Gasteiger partial charge in [0.05, 0.1) is 6.17 Å². The minimum Gasteiger partial charge on any atom is -0.399 e.